The number of hydrogen-bond acceptors (Lipinski definition) is 29. The van der Waals surface area contributed by atoms with Gasteiger partial charge in [-0.25, -0.2) is 73.6 Å². The first-order chi connectivity index (χ1) is 60.5. The molecule has 3 saturated carbocycles. The molecule has 12 unspecified atom stereocenters. The predicted octanol–water partition coefficient (Wildman–Crippen LogP) is 5.66. The fourth-order valence-corrected chi connectivity index (χ4v) is 17.2. The molecule has 0 radical (unpaired) electrons. The Balaban J connectivity index is 0.000000122. The fraction of sp³-hybridized carbons (Fsp3) is 0.488. The number of urea groups is 3. The SMILES string of the molecule is CCOC(=O)[C@@H]1CCCN1C(=O)C1OC(n2cnc3c(NC(=O)NC4CC4)ncnc32)C2O[C@@H](c3ccccc3)OC12.CCOC(=O)[C@H]1CCCN1C(=O)C1OC(n2cnc3c(NC(=O)NC4CC4)ncnc32)C2O[C@@H](c3ccccc3)OC12.O=C(Nc1ncnc2c1ncn2C1OC(C(=O)N2CCC[C@H]2C(=O)O)C2O[C@H](c3ccccc3)OC21)NC1CC1. The molecule has 9 amide bonds. The van der Waals surface area contributed by atoms with E-state index < -0.39 is 134 Å². The lowest BCUT2D eigenvalue weighted by Gasteiger charge is -2.27. The van der Waals surface area contributed by atoms with E-state index in [1.165, 1.54) is 52.7 Å². The molecule has 7 N–H and O–H groups in total. The number of aliphatic carboxylic acids is 1. The maximum atomic E-state index is 14.0. The first kappa shape index (κ1) is 81.3. The number of nitrogens with one attached hydrogen (secondary N) is 6. The van der Waals surface area contributed by atoms with Crippen LogP contribution in [0.5, 0.6) is 0 Å². The second-order valence-corrected chi connectivity index (χ2v) is 31.8. The molecule has 42 nitrogen and oxygen atoms in total. The van der Waals surface area contributed by atoms with Crippen LogP contribution in [0, 0.1) is 0 Å². The molecule has 3 aliphatic carbocycles. The molecule has 42 heteroatoms. The lowest BCUT2D eigenvalue weighted by Crippen LogP contribution is -2.49. The van der Waals surface area contributed by atoms with Crippen molar-refractivity contribution in [3.8, 4) is 0 Å². The molecular weight excluding hydrogens is 1620 g/mol. The average molecular weight is 1700 g/mol. The number of amides is 9. The van der Waals surface area contributed by atoms with Crippen molar-refractivity contribution in [1.82, 2.24) is 89.2 Å². The molecule has 0 spiro atoms. The molecule has 124 heavy (non-hydrogen) atoms. The van der Waals surface area contributed by atoms with E-state index in [1.807, 2.05) is 91.0 Å². The molecule has 21 rings (SSSR count). The summed E-state index contributed by atoms with van der Waals surface area (Å²) in [5.41, 5.74) is 4.58. The molecule has 648 valence electrons. The first-order valence-corrected chi connectivity index (χ1v) is 41.8. The summed E-state index contributed by atoms with van der Waals surface area (Å²) >= 11 is 0. The Labute approximate surface area is 705 Å². The number of carbonyl (C=O) groups excluding carboxylic acids is 8. The van der Waals surface area contributed by atoms with E-state index in [2.05, 4.69) is 76.8 Å². The largest absolute Gasteiger partial charge is 0.480 e. The number of benzene rings is 3. The first-order valence-electron chi connectivity index (χ1n) is 41.8. The highest BCUT2D eigenvalue weighted by Gasteiger charge is 2.62. The monoisotopic (exact) mass is 1700 g/mol. The van der Waals surface area contributed by atoms with Gasteiger partial charge in [0, 0.05) is 54.5 Å². The zero-order valence-electron chi connectivity index (χ0n) is 67.1. The number of esters is 2. The van der Waals surface area contributed by atoms with Crippen LogP contribution in [0.4, 0.5) is 31.8 Å². The normalized spacial score (nSPS) is 28.8. The third-order valence-corrected chi connectivity index (χ3v) is 23.5. The number of carbonyl (C=O) groups is 9. The third kappa shape index (κ3) is 16.3. The van der Waals surface area contributed by atoms with Crippen molar-refractivity contribution in [3.05, 3.63) is 146 Å². The van der Waals surface area contributed by atoms with Crippen LogP contribution in [0.1, 0.15) is 145 Å². The molecule has 9 saturated heterocycles. The lowest BCUT2D eigenvalue weighted by atomic mass is 10.1. The summed E-state index contributed by atoms with van der Waals surface area (Å²) in [5.74, 6) is -2.36. The molecule has 0 bridgehead atoms. The zero-order valence-corrected chi connectivity index (χ0v) is 67.1. The van der Waals surface area contributed by atoms with E-state index in [0.29, 0.717) is 91.7 Å². The summed E-state index contributed by atoms with van der Waals surface area (Å²) < 4.78 is 72.4. The van der Waals surface area contributed by atoms with Gasteiger partial charge >= 0.3 is 36.0 Å². The minimum absolute atomic E-state index is 0.168. The number of carboxylic acid groups (broad SMARTS) is 1. The molecule has 12 fully saturated rings. The van der Waals surface area contributed by atoms with Crippen molar-refractivity contribution in [2.24, 2.45) is 0 Å². The van der Waals surface area contributed by atoms with Gasteiger partial charge in [-0.15, -0.1) is 0 Å². The van der Waals surface area contributed by atoms with Crippen LogP contribution in [-0.2, 0) is 80.9 Å². The zero-order chi connectivity index (χ0) is 85.0. The molecule has 3 aromatic carbocycles. The summed E-state index contributed by atoms with van der Waals surface area (Å²) in [6.07, 6.45) is 5.13. The topological polar surface area (TPSA) is 488 Å². The highest BCUT2D eigenvalue weighted by Crippen LogP contribution is 2.50. The number of hydrogen-bond donors (Lipinski definition) is 7. The van der Waals surface area contributed by atoms with Gasteiger partial charge < -0.3 is 87.9 Å². The Hall–Kier alpha value is -12.4. The van der Waals surface area contributed by atoms with E-state index in [1.54, 1.807) is 27.5 Å². The van der Waals surface area contributed by atoms with Crippen LogP contribution in [0.25, 0.3) is 33.5 Å². The molecule has 6 aromatic heterocycles. The van der Waals surface area contributed by atoms with Crippen LogP contribution < -0.4 is 31.9 Å². The maximum Gasteiger partial charge on any atom is 0.328 e. The van der Waals surface area contributed by atoms with E-state index >= 15 is 0 Å². The van der Waals surface area contributed by atoms with Crippen LogP contribution in [-0.4, -0.2) is 256 Å². The quantitative estimate of drug-likeness (QED) is 0.0453. The molecule has 18 atom stereocenters. The Morgan fingerprint density at radius 2 is 0.661 bits per heavy atom. The van der Waals surface area contributed by atoms with Gasteiger partial charge in [-0.3, -0.25) is 44.0 Å². The number of likely N-dealkylation sites (tertiary alicyclic amines) is 3. The van der Waals surface area contributed by atoms with E-state index in [9.17, 15) is 48.3 Å². The number of imidazole rings is 3. The van der Waals surface area contributed by atoms with Gasteiger partial charge in [0.05, 0.1) is 32.2 Å². The van der Waals surface area contributed by atoms with Crippen molar-refractivity contribution in [1.29, 1.82) is 0 Å². The maximum absolute atomic E-state index is 14.0. The average Bonchev–Trinajstić information content (AvgIpc) is 1.59. The fourth-order valence-electron chi connectivity index (χ4n) is 17.2. The highest BCUT2D eigenvalue weighted by atomic mass is 16.8. The van der Waals surface area contributed by atoms with Crippen molar-refractivity contribution in [2.45, 2.75) is 220 Å². The van der Waals surface area contributed by atoms with Crippen molar-refractivity contribution >= 4 is 105 Å². The number of fused-ring (bicyclic) bond motifs is 6. The number of ether oxygens (including phenoxy) is 11. The van der Waals surface area contributed by atoms with Crippen molar-refractivity contribution in [2.75, 3.05) is 48.8 Å². The minimum atomic E-state index is -1.11. The summed E-state index contributed by atoms with van der Waals surface area (Å²) in [7, 11) is 0. The number of carboxylic acids is 1. The second kappa shape index (κ2) is 34.7. The highest BCUT2D eigenvalue weighted by molar-refractivity contribution is 5.99. The lowest BCUT2D eigenvalue weighted by molar-refractivity contribution is -0.172. The Kier molecular flexibility index (Phi) is 22.7. The van der Waals surface area contributed by atoms with Gasteiger partial charge in [-0.1, -0.05) is 91.0 Å². The second-order valence-electron chi connectivity index (χ2n) is 31.8. The molecule has 15 heterocycles. The Bertz CT molecular complexity index is 5290. The standard InChI is InChI=1S/2C28H31N7O7.C26H27N7O7/c2*1-2-39-26(37)17-9-6-12-34(17)24(36)20-19-21(42-27(41-19)15-7-4-3-5-8-15)25(40-20)35-14-31-18-22(29-13-30-23(18)35)33-28(38)32-16-10-11-16;34-22(32-10-4-7-15(32)24(35)36)18-17-19(40-25(39-17)13-5-2-1-3-6-13)23(38-18)33-12-29-16-20(27-11-28-21(16)33)31-26(37)30-14-8-9-14/h2*3-5,7-8,13-14,16-17,19-21,25,27H,2,6,9-12H2,1H3,(H2,29,30,32,33,38);1-3,5-6,11-12,14-15,17-19,23,25H,4,7-10H2,(H,35,36)(H2,27,28,30,31,37)/t17-,19?,20?,21?,25?,27+;17-,19?,20?,21?,25?,27-;15-,17?,18?,19?,23?,25-/m100/s1. The predicted molar refractivity (Wildman–Crippen MR) is 425 cm³/mol. The molecular formula is C82H89N21O21. The van der Waals surface area contributed by atoms with Crippen LogP contribution in [0.2, 0.25) is 0 Å². The van der Waals surface area contributed by atoms with Crippen LogP contribution >= 0.6 is 0 Å². The van der Waals surface area contributed by atoms with Crippen molar-refractivity contribution < 1.29 is 100 Å². The van der Waals surface area contributed by atoms with E-state index in [-0.39, 0.29) is 78.7 Å². The minimum Gasteiger partial charge on any atom is -0.480 e. The van der Waals surface area contributed by atoms with Gasteiger partial charge in [0.15, 0.2) is 107 Å². The number of rotatable bonds is 20. The Morgan fingerprint density at radius 3 is 0.952 bits per heavy atom. The summed E-state index contributed by atoms with van der Waals surface area (Å²) in [5, 5.41) is 26.5. The van der Waals surface area contributed by atoms with Gasteiger partial charge in [0.25, 0.3) is 17.7 Å². The smallest absolute Gasteiger partial charge is 0.328 e. The summed E-state index contributed by atoms with van der Waals surface area (Å²) in [6, 6.07) is 25.4. The third-order valence-electron chi connectivity index (χ3n) is 23.5. The summed E-state index contributed by atoms with van der Waals surface area (Å²) in [6.45, 7) is 5.07. The van der Waals surface area contributed by atoms with Gasteiger partial charge in [-0.05, 0) is 90.9 Å². The van der Waals surface area contributed by atoms with E-state index in [4.69, 9.17) is 52.1 Å². The molecule has 9 aromatic rings. The van der Waals surface area contributed by atoms with Gasteiger partial charge in [0.2, 0.25) is 0 Å². The van der Waals surface area contributed by atoms with Crippen LogP contribution in [0.15, 0.2) is 129 Å². The van der Waals surface area contributed by atoms with Gasteiger partial charge in [0.1, 0.15) is 73.7 Å². The number of aromatic nitrogens is 12. The van der Waals surface area contributed by atoms with E-state index in [0.717, 1.165) is 55.2 Å². The molecule has 9 aliphatic heterocycles. The van der Waals surface area contributed by atoms with Gasteiger partial charge in [-0.2, -0.15) is 0 Å². The Morgan fingerprint density at radius 1 is 0.371 bits per heavy atom. The van der Waals surface area contributed by atoms with Crippen molar-refractivity contribution in [3.63, 3.8) is 0 Å². The van der Waals surface area contributed by atoms with Crippen LogP contribution in [0.3, 0.4) is 0 Å². The number of nitrogens with zero attached hydrogens (tertiary/aromatic N) is 15. The summed E-state index contributed by atoms with van der Waals surface area (Å²) in [4.78, 5) is 159. The molecule has 12 aliphatic rings. The number of anilines is 3.